The van der Waals surface area contributed by atoms with Crippen molar-refractivity contribution in [1.29, 1.82) is 0 Å². The molecule has 0 spiro atoms. The van der Waals surface area contributed by atoms with Crippen molar-refractivity contribution < 1.29 is 14.3 Å². The topological polar surface area (TPSA) is 42.6 Å². The minimum absolute atomic E-state index is 0.0826. The number of furan rings is 1. The van der Waals surface area contributed by atoms with Gasteiger partial charge in [-0.15, -0.1) is 0 Å². The number of ether oxygens (including phenoxy) is 1. The number of rotatable bonds is 4. The lowest BCUT2D eigenvalue weighted by Crippen LogP contribution is -1.94. The molecule has 3 heteroatoms. The zero-order chi connectivity index (χ0) is 13.9. The zero-order valence-corrected chi connectivity index (χ0v) is 11.3. The second-order valence-electron chi connectivity index (χ2n) is 4.74. The summed E-state index contributed by atoms with van der Waals surface area (Å²) >= 11 is 0. The quantitative estimate of drug-likeness (QED) is 0.782. The first-order valence-corrected chi connectivity index (χ1v) is 6.57. The van der Waals surface area contributed by atoms with Crippen LogP contribution >= 0.6 is 0 Å². The highest BCUT2D eigenvalue weighted by atomic mass is 16.5. The van der Waals surface area contributed by atoms with E-state index in [4.69, 9.17) is 9.15 Å². The molecule has 0 unspecified atom stereocenters. The van der Waals surface area contributed by atoms with Gasteiger partial charge >= 0.3 is 0 Å². The standard InChI is InChI=1S/C17H16O3/c1-12-15-9-14(7-8-16(15)20-17(12)10-18)19-11-13-5-3-2-4-6-13/h2-9,18H,10-11H2,1H3. The first-order valence-electron chi connectivity index (χ1n) is 6.57. The van der Waals surface area contributed by atoms with E-state index >= 15 is 0 Å². The molecule has 0 aliphatic carbocycles. The van der Waals surface area contributed by atoms with Crippen molar-refractivity contribution >= 4 is 11.0 Å². The van der Waals surface area contributed by atoms with Crippen LogP contribution < -0.4 is 4.74 Å². The van der Waals surface area contributed by atoms with Crippen molar-refractivity contribution in [3.05, 3.63) is 65.4 Å². The first-order chi connectivity index (χ1) is 9.78. The molecule has 0 atom stereocenters. The molecule has 1 heterocycles. The highest BCUT2D eigenvalue weighted by molar-refractivity contribution is 5.83. The van der Waals surface area contributed by atoms with E-state index in [0.29, 0.717) is 12.4 Å². The molecular weight excluding hydrogens is 252 g/mol. The Bertz CT molecular complexity index is 714. The van der Waals surface area contributed by atoms with Crippen LogP contribution in [0.15, 0.2) is 52.9 Å². The normalized spacial score (nSPS) is 10.9. The summed E-state index contributed by atoms with van der Waals surface area (Å²) in [5, 5.41) is 10.2. The Kier molecular flexibility index (Phi) is 3.44. The predicted octanol–water partition coefficient (Wildman–Crippen LogP) is 3.81. The first kappa shape index (κ1) is 12.8. The number of fused-ring (bicyclic) bond motifs is 1. The Morgan fingerprint density at radius 2 is 1.90 bits per heavy atom. The maximum absolute atomic E-state index is 9.22. The molecule has 0 fully saturated rings. The van der Waals surface area contributed by atoms with E-state index in [-0.39, 0.29) is 6.61 Å². The number of aliphatic hydroxyl groups excluding tert-OH is 1. The van der Waals surface area contributed by atoms with Gasteiger partial charge in [0.15, 0.2) is 0 Å². The summed E-state index contributed by atoms with van der Waals surface area (Å²) < 4.78 is 11.4. The van der Waals surface area contributed by atoms with Crippen molar-refractivity contribution in [1.82, 2.24) is 0 Å². The van der Waals surface area contributed by atoms with E-state index < -0.39 is 0 Å². The van der Waals surface area contributed by atoms with E-state index in [0.717, 1.165) is 27.8 Å². The highest BCUT2D eigenvalue weighted by Gasteiger charge is 2.10. The van der Waals surface area contributed by atoms with E-state index in [1.807, 2.05) is 55.5 Å². The Hall–Kier alpha value is -2.26. The third-order valence-corrected chi connectivity index (χ3v) is 3.40. The van der Waals surface area contributed by atoms with Gasteiger partial charge in [0.1, 0.15) is 30.3 Å². The summed E-state index contributed by atoms with van der Waals surface area (Å²) in [5.41, 5.74) is 2.87. The summed E-state index contributed by atoms with van der Waals surface area (Å²) in [6.45, 7) is 2.40. The van der Waals surface area contributed by atoms with Crippen LogP contribution in [0.3, 0.4) is 0 Å². The van der Waals surface area contributed by atoms with Crippen molar-refractivity contribution in [2.45, 2.75) is 20.1 Å². The van der Waals surface area contributed by atoms with Gasteiger partial charge in [-0.25, -0.2) is 0 Å². The summed E-state index contributed by atoms with van der Waals surface area (Å²) in [7, 11) is 0. The Morgan fingerprint density at radius 3 is 2.65 bits per heavy atom. The fraction of sp³-hybridized carbons (Fsp3) is 0.176. The fourth-order valence-electron chi connectivity index (χ4n) is 2.23. The summed E-state index contributed by atoms with van der Waals surface area (Å²) in [6, 6.07) is 15.8. The number of hydrogen-bond donors (Lipinski definition) is 1. The van der Waals surface area contributed by atoms with Crippen LogP contribution in [0.4, 0.5) is 0 Å². The minimum Gasteiger partial charge on any atom is -0.489 e. The van der Waals surface area contributed by atoms with Crippen LogP contribution in [0, 0.1) is 6.92 Å². The summed E-state index contributed by atoms with van der Waals surface area (Å²) in [6.07, 6.45) is 0. The molecule has 102 valence electrons. The average molecular weight is 268 g/mol. The van der Waals surface area contributed by atoms with Crippen molar-refractivity contribution in [3.8, 4) is 5.75 Å². The van der Waals surface area contributed by atoms with Crippen LogP contribution in [0.1, 0.15) is 16.9 Å². The van der Waals surface area contributed by atoms with Gasteiger partial charge in [-0.2, -0.15) is 0 Å². The molecule has 1 aromatic heterocycles. The highest BCUT2D eigenvalue weighted by Crippen LogP contribution is 2.29. The Labute approximate surface area is 117 Å². The molecule has 0 aliphatic heterocycles. The molecule has 3 nitrogen and oxygen atoms in total. The lowest BCUT2D eigenvalue weighted by atomic mass is 10.1. The molecule has 0 aliphatic rings. The maximum atomic E-state index is 9.22. The lowest BCUT2D eigenvalue weighted by Gasteiger charge is -2.06. The molecule has 0 saturated carbocycles. The van der Waals surface area contributed by atoms with Gasteiger partial charge in [0.2, 0.25) is 0 Å². The molecule has 0 amide bonds. The van der Waals surface area contributed by atoms with Crippen LogP contribution in [0.25, 0.3) is 11.0 Å². The van der Waals surface area contributed by atoms with E-state index in [9.17, 15) is 5.11 Å². The van der Waals surface area contributed by atoms with Crippen LogP contribution in [0.5, 0.6) is 5.75 Å². The summed E-state index contributed by atoms with van der Waals surface area (Å²) in [5.74, 6) is 1.41. The molecule has 3 aromatic rings. The van der Waals surface area contributed by atoms with Crippen LogP contribution in [-0.2, 0) is 13.2 Å². The maximum Gasteiger partial charge on any atom is 0.134 e. The minimum atomic E-state index is -0.0826. The molecule has 2 aromatic carbocycles. The second kappa shape index (κ2) is 5.39. The van der Waals surface area contributed by atoms with Gasteiger partial charge in [0, 0.05) is 10.9 Å². The molecule has 20 heavy (non-hydrogen) atoms. The number of aryl methyl sites for hydroxylation is 1. The second-order valence-corrected chi connectivity index (χ2v) is 4.74. The zero-order valence-electron chi connectivity index (χ0n) is 11.3. The molecule has 0 radical (unpaired) electrons. The number of hydrogen-bond acceptors (Lipinski definition) is 3. The van der Waals surface area contributed by atoms with Gasteiger partial charge in [-0.05, 0) is 30.7 Å². The largest absolute Gasteiger partial charge is 0.489 e. The van der Waals surface area contributed by atoms with Crippen molar-refractivity contribution in [2.75, 3.05) is 0 Å². The molecule has 0 bridgehead atoms. The van der Waals surface area contributed by atoms with Crippen molar-refractivity contribution in [3.63, 3.8) is 0 Å². The number of aliphatic hydroxyl groups is 1. The molecule has 3 rings (SSSR count). The lowest BCUT2D eigenvalue weighted by molar-refractivity contribution is 0.250. The van der Waals surface area contributed by atoms with Crippen LogP contribution in [0.2, 0.25) is 0 Å². The van der Waals surface area contributed by atoms with E-state index in [2.05, 4.69) is 0 Å². The monoisotopic (exact) mass is 268 g/mol. The smallest absolute Gasteiger partial charge is 0.134 e. The Balaban J connectivity index is 1.84. The van der Waals surface area contributed by atoms with Gasteiger partial charge in [0.25, 0.3) is 0 Å². The third-order valence-electron chi connectivity index (χ3n) is 3.40. The van der Waals surface area contributed by atoms with Gasteiger partial charge < -0.3 is 14.3 Å². The molecule has 1 N–H and O–H groups in total. The van der Waals surface area contributed by atoms with E-state index in [1.165, 1.54) is 0 Å². The third kappa shape index (κ3) is 2.40. The fourth-order valence-corrected chi connectivity index (χ4v) is 2.23. The Morgan fingerprint density at radius 1 is 1.10 bits per heavy atom. The number of benzene rings is 2. The average Bonchev–Trinajstić information content (AvgIpc) is 2.82. The summed E-state index contributed by atoms with van der Waals surface area (Å²) in [4.78, 5) is 0. The molecule has 0 saturated heterocycles. The van der Waals surface area contributed by atoms with Gasteiger partial charge in [0.05, 0.1) is 0 Å². The molecular formula is C17H16O3. The predicted molar refractivity (Wildman–Crippen MR) is 77.6 cm³/mol. The SMILES string of the molecule is Cc1c(CO)oc2ccc(OCc3ccccc3)cc12. The van der Waals surface area contributed by atoms with Crippen LogP contribution in [-0.4, -0.2) is 5.11 Å². The van der Waals surface area contributed by atoms with Gasteiger partial charge in [-0.1, -0.05) is 30.3 Å². The van der Waals surface area contributed by atoms with Gasteiger partial charge in [-0.3, -0.25) is 0 Å². The van der Waals surface area contributed by atoms with E-state index in [1.54, 1.807) is 0 Å². The van der Waals surface area contributed by atoms with Crippen molar-refractivity contribution in [2.24, 2.45) is 0 Å².